The van der Waals surface area contributed by atoms with Gasteiger partial charge in [-0.2, -0.15) is 0 Å². The molecule has 1 fully saturated rings. The first-order valence-corrected chi connectivity index (χ1v) is 2.71. The predicted molar refractivity (Wildman–Crippen MR) is 33.6 cm³/mol. The first-order valence-electron chi connectivity index (χ1n) is 2.71. The van der Waals surface area contributed by atoms with Crippen LogP contribution < -0.4 is 0 Å². The average Bonchev–Trinajstić information content (AvgIpc) is 2.45. The van der Waals surface area contributed by atoms with Crippen molar-refractivity contribution < 1.29 is 19.1 Å². The van der Waals surface area contributed by atoms with Gasteiger partial charge >= 0.3 is 0 Å². The maximum atomic E-state index is 10.1. The summed E-state index contributed by atoms with van der Waals surface area (Å²) in [5.41, 5.74) is -0.159. The summed E-state index contributed by atoms with van der Waals surface area (Å²) in [4.78, 5) is 30.2. The summed E-state index contributed by atoms with van der Waals surface area (Å²) in [5, 5.41) is 0. The third kappa shape index (κ3) is 1.05. The van der Waals surface area contributed by atoms with Crippen molar-refractivity contribution in [1.82, 2.24) is 0 Å². The monoisotopic (exact) mass is 150 g/mol. The molecule has 1 aliphatic heterocycles. The molecule has 0 aromatic heterocycles. The zero-order valence-corrected chi connectivity index (χ0v) is 5.34. The molecule has 0 saturated carbocycles. The van der Waals surface area contributed by atoms with Crippen LogP contribution in [0.25, 0.3) is 0 Å². The molecule has 0 amide bonds. The molecular formula is C7H2O4. The van der Waals surface area contributed by atoms with Gasteiger partial charge in [-0.3, -0.25) is 0 Å². The molecule has 0 radical (unpaired) electrons. The van der Waals surface area contributed by atoms with Crippen molar-refractivity contribution in [1.29, 1.82) is 0 Å². The summed E-state index contributed by atoms with van der Waals surface area (Å²) in [6.07, 6.45) is 0. The molecule has 1 rings (SSSR count). The van der Waals surface area contributed by atoms with Crippen molar-refractivity contribution >= 4 is 17.8 Å². The van der Waals surface area contributed by atoms with Gasteiger partial charge in [0.15, 0.2) is 5.94 Å². The highest BCUT2D eigenvalue weighted by molar-refractivity contribution is 5.83. The molecule has 4 nitrogen and oxygen atoms in total. The third-order valence-corrected chi connectivity index (χ3v) is 1.21. The molecule has 0 aliphatic carbocycles. The minimum atomic E-state index is -0.265. The highest BCUT2D eigenvalue weighted by atomic mass is 16.5. The van der Waals surface area contributed by atoms with Crippen LogP contribution in [0.2, 0.25) is 0 Å². The minimum Gasteiger partial charge on any atom is -0.477 e. The zero-order valence-electron chi connectivity index (χ0n) is 5.34. The quantitative estimate of drug-likeness (QED) is 0.426. The Balaban J connectivity index is 3.29. The molecular weight excluding hydrogens is 148 g/mol. The Hall–Kier alpha value is -1.85. The number of hydrogen-bond acceptors (Lipinski definition) is 4. The average molecular weight is 150 g/mol. The van der Waals surface area contributed by atoms with Crippen LogP contribution in [0.5, 0.6) is 0 Å². The second kappa shape index (κ2) is 2.82. The SMILES string of the molecule is O=C=C1COC(=C=O)C1=C=O. The van der Waals surface area contributed by atoms with E-state index in [1.807, 2.05) is 0 Å². The molecule has 0 N–H and O–H groups in total. The zero-order chi connectivity index (χ0) is 8.27. The van der Waals surface area contributed by atoms with E-state index in [-0.39, 0.29) is 23.5 Å². The fourth-order valence-corrected chi connectivity index (χ4v) is 0.695. The maximum Gasteiger partial charge on any atom is 0.223 e. The van der Waals surface area contributed by atoms with Gasteiger partial charge in [-0.15, -0.1) is 0 Å². The van der Waals surface area contributed by atoms with E-state index < -0.39 is 0 Å². The Kier molecular flexibility index (Phi) is 1.86. The third-order valence-electron chi connectivity index (χ3n) is 1.21. The highest BCUT2D eigenvalue weighted by Gasteiger charge is 2.24. The summed E-state index contributed by atoms with van der Waals surface area (Å²) in [5.74, 6) is 3.99. The van der Waals surface area contributed by atoms with Crippen LogP contribution in [0.4, 0.5) is 0 Å². The molecule has 0 atom stereocenters. The van der Waals surface area contributed by atoms with E-state index in [9.17, 15) is 14.4 Å². The highest BCUT2D eigenvalue weighted by Crippen LogP contribution is 2.21. The van der Waals surface area contributed by atoms with Crippen LogP contribution in [-0.4, -0.2) is 24.4 Å². The Bertz CT molecular complexity index is 305. The summed E-state index contributed by atoms with van der Waals surface area (Å²) in [6.45, 7) is -0.0986. The van der Waals surface area contributed by atoms with E-state index in [2.05, 4.69) is 4.74 Å². The van der Waals surface area contributed by atoms with E-state index >= 15 is 0 Å². The second-order valence-corrected chi connectivity index (χ2v) is 1.78. The number of allylic oxidation sites excluding steroid dienone is 1. The van der Waals surface area contributed by atoms with Crippen molar-refractivity contribution in [3.8, 4) is 0 Å². The van der Waals surface area contributed by atoms with Gasteiger partial charge < -0.3 is 4.74 Å². The molecule has 54 valence electrons. The molecule has 0 aromatic rings. The molecule has 0 aromatic carbocycles. The predicted octanol–water partition coefficient (Wildman–Crippen LogP) is -0.752. The molecule has 1 aliphatic rings. The van der Waals surface area contributed by atoms with Crippen LogP contribution in [0.3, 0.4) is 0 Å². The largest absolute Gasteiger partial charge is 0.477 e. The molecule has 1 saturated heterocycles. The van der Waals surface area contributed by atoms with Gasteiger partial charge in [0.2, 0.25) is 5.76 Å². The molecule has 4 heteroatoms. The van der Waals surface area contributed by atoms with Gasteiger partial charge in [-0.25, -0.2) is 14.4 Å². The standard InChI is InChI=1S/C7H2O4/c8-1-5-4-11-7(3-10)6(5)2-9/h4H2. The molecule has 0 spiro atoms. The lowest BCUT2D eigenvalue weighted by atomic mass is 10.1. The smallest absolute Gasteiger partial charge is 0.223 e. The van der Waals surface area contributed by atoms with Gasteiger partial charge in [-0.1, -0.05) is 0 Å². The van der Waals surface area contributed by atoms with Gasteiger partial charge in [-0.05, 0) is 0 Å². The van der Waals surface area contributed by atoms with Gasteiger partial charge in [0, 0.05) is 0 Å². The van der Waals surface area contributed by atoms with E-state index in [0.717, 1.165) is 0 Å². The van der Waals surface area contributed by atoms with Crippen molar-refractivity contribution in [2.24, 2.45) is 0 Å². The lowest BCUT2D eigenvalue weighted by Crippen LogP contribution is -1.85. The number of hydrogen-bond donors (Lipinski definition) is 0. The van der Waals surface area contributed by atoms with E-state index in [0.29, 0.717) is 0 Å². The van der Waals surface area contributed by atoms with Gasteiger partial charge in [0.25, 0.3) is 0 Å². The Labute approximate surface area is 61.5 Å². The topological polar surface area (TPSA) is 60.4 Å². The summed E-state index contributed by atoms with van der Waals surface area (Å²) in [7, 11) is 0. The first kappa shape index (κ1) is 7.26. The number of carbonyl (C=O) groups excluding carboxylic acids is 3. The Morgan fingerprint density at radius 2 is 1.82 bits per heavy atom. The number of rotatable bonds is 0. The van der Waals surface area contributed by atoms with E-state index in [4.69, 9.17) is 0 Å². The van der Waals surface area contributed by atoms with Gasteiger partial charge in [0.05, 0.1) is 5.57 Å². The first-order chi connectivity index (χ1) is 5.33. The Morgan fingerprint density at radius 1 is 1.09 bits per heavy atom. The lowest BCUT2D eigenvalue weighted by Gasteiger charge is -1.84. The van der Waals surface area contributed by atoms with Crippen molar-refractivity contribution in [2.45, 2.75) is 0 Å². The maximum absolute atomic E-state index is 10.1. The summed E-state index contributed by atoms with van der Waals surface area (Å²) < 4.78 is 4.60. The molecule has 0 bridgehead atoms. The Morgan fingerprint density at radius 3 is 2.27 bits per heavy atom. The molecule has 0 unspecified atom stereocenters. The minimum absolute atomic E-state index is 0.0124. The van der Waals surface area contributed by atoms with Gasteiger partial charge in [0.1, 0.15) is 24.1 Å². The number of ether oxygens (including phenoxy) is 1. The fraction of sp³-hybridized carbons (Fsp3) is 0.143. The molecule has 1 heterocycles. The van der Waals surface area contributed by atoms with Crippen molar-refractivity contribution in [2.75, 3.05) is 6.61 Å². The van der Waals surface area contributed by atoms with Crippen molar-refractivity contribution in [3.63, 3.8) is 0 Å². The van der Waals surface area contributed by atoms with Crippen LogP contribution in [0.15, 0.2) is 16.9 Å². The molecule has 11 heavy (non-hydrogen) atoms. The van der Waals surface area contributed by atoms with Crippen LogP contribution >= 0.6 is 0 Å². The normalized spacial score (nSPS) is 15.1. The van der Waals surface area contributed by atoms with Crippen LogP contribution in [0, 0.1) is 0 Å². The van der Waals surface area contributed by atoms with Crippen LogP contribution in [-0.2, 0) is 19.1 Å². The summed E-state index contributed by atoms with van der Waals surface area (Å²) in [6, 6.07) is 0. The fourth-order valence-electron chi connectivity index (χ4n) is 0.695. The summed E-state index contributed by atoms with van der Waals surface area (Å²) >= 11 is 0. The second-order valence-electron chi connectivity index (χ2n) is 1.78. The van der Waals surface area contributed by atoms with E-state index in [1.165, 1.54) is 17.8 Å². The lowest BCUT2D eigenvalue weighted by molar-refractivity contribution is 0.283. The van der Waals surface area contributed by atoms with Crippen LogP contribution in [0.1, 0.15) is 0 Å². The van der Waals surface area contributed by atoms with E-state index in [1.54, 1.807) is 0 Å². The van der Waals surface area contributed by atoms with Crippen molar-refractivity contribution in [3.05, 3.63) is 16.9 Å².